The SMILES string of the molecule is CCS(=O)(=O)c1ccc(S(=O)(=O)N2CCNCC2C)cc1. The molecular formula is C13H20N2O4S2. The topological polar surface area (TPSA) is 83.5 Å². The Labute approximate surface area is 126 Å². The van der Waals surface area contributed by atoms with Crippen LogP contribution in [-0.4, -0.2) is 52.6 Å². The molecule has 1 atom stereocenters. The first-order valence-electron chi connectivity index (χ1n) is 6.84. The number of sulfonamides is 1. The molecule has 6 nitrogen and oxygen atoms in total. The van der Waals surface area contributed by atoms with Crippen molar-refractivity contribution in [2.45, 2.75) is 29.7 Å². The maximum atomic E-state index is 12.6. The smallest absolute Gasteiger partial charge is 0.243 e. The minimum absolute atomic E-state index is 0.00603. The number of piperazine rings is 1. The molecule has 0 amide bonds. The van der Waals surface area contributed by atoms with E-state index >= 15 is 0 Å². The maximum Gasteiger partial charge on any atom is 0.243 e. The molecule has 1 saturated heterocycles. The van der Waals surface area contributed by atoms with Crippen LogP contribution in [0.2, 0.25) is 0 Å². The number of rotatable bonds is 4. The third kappa shape index (κ3) is 3.28. The monoisotopic (exact) mass is 332 g/mol. The Hall–Kier alpha value is -0.960. The third-order valence-corrected chi connectivity index (χ3v) is 7.39. The Morgan fingerprint density at radius 3 is 2.24 bits per heavy atom. The Morgan fingerprint density at radius 2 is 1.71 bits per heavy atom. The van der Waals surface area contributed by atoms with Crippen LogP contribution in [0.15, 0.2) is 34.1 Å². The highest BCUT2D eigenvalue weighted by Gasteiger charge is 2.30. The lowest BCUT2D eigenvalue weighted by Gasteiger charge is -2.32. The molecule has 1 aliphatic heterocycles. The van der Waals surface area contributed by atoms with E-state index in [-0.39, 0.29) is 21.6 Å². The Morgan fingerprint density at radius 1 is 1.14 bits per heavy atom. The van der Waals surface area contributed by atoms with E-state index in [0.29, 0.717) is 19.6 Å². The second-order valence-electron chi connectivity index (χ2n) is 5.04. The Kier molecular flexibility index (Phi) is 4.72. The highest BCUT2D eigenvalue weighted by molar-refractivity contribution is 7.91. The molecule has 1 N–H and O–H groups in total. The van der Waals surface area contributed by atoms with E-state index in [0.717, 1.165) is 0 Å². The van der Waals surface area contributed by atoms with Gasteiger partial charge in [-0.05, 0) is 31.2 Å². The normalized spacial score (nSPS) is 21.3. The molecule has 1 aliphatic rings. The van der Waals surface area contributed by atoms with E-state index in [1.165, 1.54) is 28.6 Å². The second-order valence-corrected chi connectivity index (χ2v) is 9.21. The summed E-state index contributed by atoms with van der Waals surface area (Å²) in [6.45, 7) is 5.05. The molecule has 118 valence electrons. The highest BCUT2D eigenvalue weighted by Crippen LogP contribution is 2.21. The van der Waals surface area contributed by atoms with Crippen molar-refractivity contribution in [2.24, 2.45) is 0 Å². The lowest BCUT2D eigenvalue weighted by atomic mass is 10.3. The van der Waals surface area contributed by atoms with Gasteiger partial charge >= 0.3 is 0 Å². The largest absolute Gasteiger partial charge is 0.314 e. The highest BCUT2D eigenvalue weighted by atomic mass is 32.2. The van der Waals surface area contributed by atoms with Gasteiger partial charge in [-0.3, -0.25) is 0 Å². The van der Waals surface area contributed by atoms with Crippen LogP contribution in [0, 0.1) is 0 Å². The number of sulfone groups is 1. The van der Waals surface area contributed by atoms with Crippen molar-refractivity contribution in [1.82, 2.24) is 9.62 Å². The Balaban J connectivity index is 2.33. The molecule has 0 aliphatic carbocycles. The van der Waals surface area contributed by atoms with Gasteiger partial charge in [0.15, 0.2) is 9.84 Å². The van der Waals surface area contributed by atoms with E-state index in [1.807, 2.05) is 6.92 Å². The molecule has 2 rings (SSSR count). The fourth-order valence-electron chi connectivity index (χ4n) is 2.30. The molecule has 1 fully saturated rings. The second kappa shape index (κ2) is 6.04. The average molecular weight is 332 g/mol. The molecule has 21 heavy (non-hydrogen) atoms. The molecule has 1 unspecified atom stereocenters. The first-order valence-corrected chi connectivity index (χ1v) is 9.93. The molecule has 0 spiro atoms. The molecule has 0 bridgehead atoms. The van der Waals surface area contributed by atoms with Crippen molar-refractivity contribution < 1.29 is 16.8 Å². The van der Waals surface area contributed by atoms with Crippen molar-refractivity contribution in [3.8, 4) is 0 Å². The van der Waals surface area contributed by atoms with Gasteiger partial charge in [0.25, 0.3) is 0 Å². The lowest BCUT2D eigenvalue weighted by molar-refractivity contribution is 0.284. The quantitative estimate of drug-likeness (QED) is 0.866. The molecule has 0 saturated carbocycles. The number of hydrogen-bond donors (Lipinski definition) is 1. The fraction of sp³-hybridized carbons (Fsp3) is 0.538. The van der Waals surface area contributed by atoms with Crippen LogP contribution >= 0.6 is 0 Å². The number of hydrogen-bond acceptors (Lipinski definition) is 5. The summed E-state index contributed by atoms with van der Waals surface area (Å²) in [5.74, 6) is -0.00603. The van der Waals surface area contributed by atoms with Gasteiger partial charge in [-0.15, -0.1) is 0 Å². The first-order chi connectivity index (χ1) is 9.79. The van der Waals surface area contributed by atoms with E-state index in [9.17, 15) is 16.8 Å². The molecule has 1 aromatic carbocycles. The summed E-state index contributed by atoms with van der Waals surface area (Å²) in [6.07, 6.45) is 0. The van der Waals surface area contributed by atoms with Crippen molar-refractivity contribution in [3.63, 3.8) is 0 Å². The van der Waals surface area contributed by atoms with E-state index in [1.54, 1.807) is 6.92 Å². The van der Waals surface area contributed by atoms with Crippen molar-refractivity contribution in [3.05, 3.63) is 24.3 Å². The van der Waals surface area contributed by atoms with E-state index in [4.69, 9.17) is 0 Å². The summed E-state index contributed by atoms with van der Waals surface area (Å²) in [4.78, 5) is 0.281. The van der Waals surface area contributed by atoms with Gasteiger partial charge in [-0.2, -0.15) is 4.31 Å². The Bertz CT molecular complexity index is 696. The maximum absolute atomic E-state index is 12.6. The van der Waals surface area contributed by atoms with Gasteiger partial charge in [0.05, 0.1) is 15.5 Å². The minimum atomic E-state index is -3.58. The third-order valence-electron chi connectivity index (χ3n) is 3.61. The van der Waals surface area contributed by atoms with Crippen molar-refractivity contribution in [1.29, 1.82) is 0 Å². The molecule has 1 heterocycles. The van der Waals surface area contributed by atoms with Crippen LogP contribution in [0.5, 0.6) is 0 Å². The van der Waals surface area contributed by atoms with E-state index in [2.05, 4.69) is 5.32 Å². The van der Waals surface area contributed by atoms with Gasteiger partial charge in [-0.1, -0.05) is 6.92 Å². The van der Waals surface area contributed by atoms with Crippen LogP contribution in [0.25, 0.3) is 0 Å². The lowest BCUT2D eigenvalue weighted by Crippen LogP contribution is -2.52. The van der Waals surface area contributed by atoms with Gasteiger partial charge in [0, 0.05) is 25.7 Å². The summed E-state index contributed by atoms with van der Waals surface area (Å²) in [6, 6.07) is 5.33. The molecule has 1 aromatic rings. The molecule has 0 aromatic heterocycles. The summed E-state index contributed by atoms with van der Waals surface area (Å²) in [5, 5.41) is 3.14. The summed E-state index contributed by atoms with van der Waals surface area (Å²) in [5.41, 5.74) is 0. The number of nitrogens with zero attached hydrogens (tertiary/aromatic N) is 1. The van der Waals surface area contributed by atoms with Gasteiger partial charge in [0.2, 0.25) is 10.0 Å². The zero-order valence-electron chi connectivity index (χ0n) is 12.1. The van der Waals surface area contributed by atoms with Gasteiger partial charge < -0.3 is 5.32 Å². The summed E-state index contributed by atoms with van der Waals surface area (Å²) >= 11 is 0. The fourth-order valence-corrected chi connectivity index (χ4v) is 4.82. The van der Waals surface area contributed by atoms with Gasteiger partial charge in [-0.25, -0.2) is 16.8 Å². The summed E-state index contributed by atoms with van der Waals surface area (Å²) in [7, 11) is -6.90. The van der Waals surface area contributed by atoms with E-state index < -0.39 is 19.9 Å². The zero-order valence-corrected chi connectivity index (χ0v) is 13.7. The van der Waals surface area contributed by atoms with Crippen LogP contribution < -0.4 is 5.32 Å². The number of nitrogens with one attached hydrogen (secondary N) is 1. The molecular weight excluding hydrogens is 312 g/mol. The first kappa shape index (κ1) is 16.4. The number of benzene rings is 1. The van der Waals surface area contributed by atoms with Crippen LogP contribution in [0.3, 0.4) is 0 Å². The zero-order chi connectivity index (χ0) is 15.7. The standard InChI is InChI=1S/C13H20N2O4S2/c1-3-20(16,17)12-4-6-13(7-5-12)21(18,19)15-9-8-14-10-11(15)2/h4-7,11,14H,3,8-10H2,1-2H3. The average Bonchev–Trinajstić information content (AvgIpc) is 2.47. The minimum Gasteiger partial charge on any atom is -0.314 e. The van der Waals surface area contributed by atoms with Crippen molar-refractivity contribution >= 4 is 19.9 Å². The van der Waals surface area contributed by atoms with Crippen molar-refractivity contribution in [2.75, 3.05) is 25.4 Å². The molecule has 0 radical (unpaired) electrons. The van der Waals surface area contributed by atoms with Crippen LogP contribution in [-0.2, 0) is 19.9 Å². The van der Waals surface area contributed by atoms with Crippen LogP contribution in [0.4, 0.5) is 0 Å². The summed E-state index contributed by atoms with van der Waals surface area (Å²) < 4.78 is 50.1. The van der Waals surface area contributed by atoms with Gasteiger partial charge in [0.1, 0.15) is 0 Å². The van der Waals surface area contributed by atoms with Crippen LogP contribution in [0.1, 0.15) is 13.8 Å². The molecule has 8 heteroatoms. The predicted octanol–water partition coefficient (Wildman–Crippen LogP) is 0.463. The predicted molar refractivity (Wildman–Crippen MR) is 80.4 cm³/mol.